The number of hydrogen-bond acceptors (Lipinski definition) is 4. The van der Waals surface area contributed by atoms with E-state index >= 15 is 0 Å². The van der Waals surface area contributed by atoms with E-state index in [0.717, 1.165) is 51.8 Å². The van der Waals surface area contributed by atoms with Crippen LogP contribution in [0.2, 0.25) is 5.02 Å². The molecule has 6 heteroatoms. The minimum atomic E-state index is -0.0547. The molecule has 1 atom stereocenters. The average molecular weight is 479 g/mol. The number of nitrogens with zero attached hydrogens (tertiary/aromatic N) is 4. The highest BCUT2D eigenvalue weighted by Gasteiger charge is 2.34. The van der Waals surface area contributed by atoms with Crippen LogP contribution in [0.15, 0.2) is 113 Å². The number of para-hydroxylation sites is 2. The van der Waals surface area contributed by atoms with Crippen LogP contribution in [0.25, 0.3) is 17.1 Å². The van der Waals surface area contributed by atoms with Crippen molar-refractivity contribution < 1.29 is 4.42 Å². The number of anilines is 1. The van der Waals surface area contributed by atoms with E-state index in [1.54, 1.807) is 0 Å². The highest BCUT2D eigenvalue weighted by Crippen LogP contribution is 2.41. The fourth-order valence-electron chi connectivity index (χ4n) is 4.49. The van der Waals surface area contributed by atoms with Crippen LogP contribution in [0.1, 0.15) is 29.3 Å². The van der Waals surface area contributed by atoms with Gasteiger partial charge in [-0.05, 0) is 61.0 Å². The van der Waals surface area contributed by atoms with Crippen LogP contribution in [0.4, 0.5) is 5.69 Å². The van der Waals surface area contributed by atoms with Gasteiger partial charge in [-0.2, -0.15) is 10.2 Å². The molecule has 2 aromatic heterocycles. The van der Waals surface area contributed by atoms with Crippen LogP contribution < -0.4 is 5.01 Å². The second kappa shape index (κ2) is 8.93. The zero-order valence-electron chi connectivity index (χ0n) is 19.2. The van der Waals surface area contributed by atoms with E-state index in [1.807, 2.05) is 96.5 Å². The van der Waals surface area contributed by atoms with Gasteiger partial charge in [-0.25, -0.2) is 4.68 Å². The predicted octanol–water partition coefficient (Wildman–Crippen LogP) is 7.45. The standard InChI is InChI=1S/C29H23ClN4O/c1-20-12-17-28(35-20)29-25(19-33(32-29)23-8-4-2-5-9-23)27-18-26(21-13-15-22(30)16-14-21)31-34(27)24-10-6-3-7-11-24/h2-17,19,27H,18H2,1H3. The Balaban J connectivity index is 1.49. The zero-order chi connectivity index (χ0) is 23.8. The topological polar surface area (TPSA) is 46.6 Å². The van der Waals surface area contributed by atoms with Crippen LogP contribution in [0.3, 0.4) is 0 Å². The van der Waals surface area contributed by atoms with E-state index in [4.69, 9.17) is 26.2 Å². The summed E-state index contributed by atoms with van der Waals surface area (Å²) in [5.41, 5.74) is 5.95. The summed E-state index contributed by atoms with van der Waals surface area (Å²) in [5, 5.41) is 12.9. The Labute approximate surface area is 208 Å². The van der Waals surface area contributed by atoms with Gasteiger partial charge < -0.3 is 4.42 Å². The van der Waals surface area contributed by atoms with Crippen molar-refractivity contribution in [1.29, 1.82) is 0 Å². The van der Waals surface area contributed by atoms with E-state index in [0.29, 0.717) is 5.02 Å². The molecule has 0 aliphatic carbocycles. The molecular weight excluding hydrogens is 456 g/mol. The first-order valence-electron chi connectivity index (χ1n) is 11.6. The molecule has 0 amide bonds. The molecule has 3 aromatic carbocycles. The van der Waals surface area contributed by atoms with Crippen molar-refractivity contribution in [2.24, 2.45) is 5.10 Å². The zero-order valence-corrected chi connectivity index (χ0v) is 19.9. The van der Waals surface area contributed by atoms with Crippen LogP contribution >= 0.6 is 11.6 Å². The molecule has 35 heavy (non-hydrogen) atoms. The summed E-state index contributed by atoms with van der Waals surface area (Å²) in [4.78, 5) is 0. The average Bonchev–Trinajstić information content (AvgIpc) is 3.63. The van der Waals surface area contributed by atoms with Crippen LogP contribution in [0.5, 0.6) is 0 Å². The maximum absolute atomic E-state index is 6.15. The lowest BCUT2D eigenvalue weighted by Crippen LogP contribution is -2.18. The van der Waals surface area contributed by atoms with Gasteiger partial charge in [0.15, 0.2) is 5.76 Å². The number of aryl methyl sites for hydroxylation is 1. The molecule has 0 radical (unpaired) electrons. The van der Waals surface area contributed by atoms with E-state index in [1.165, 1.54) is 0 Å². The number of furan rings is 1. The SMILES string of the molecule is Cc1ccc(-c2nn(-c3ccccc3)cc2C2CC(c3ccc(Cl)cc3)=NN2c2ccccc2)o1. The molecule has 0 spiro atoms. The van der Waals surface area contributed by atoms with Gasteiger partial charge in [-0.15, -0.1) is 0 Å². The van der Waals surface area contributed by atoms with Gasteiger partial charge in [0.1, 0.15) is 11.5 Å². The molecule has 0 bridgehead atoms. The Bertz CT molecular complexity index is 1490. The lowest BCUT2D eigenvalue weighted by atomic mass is 9.98. The van der Waals surface area contributed by atoms with E-state index in [9.17, 15) is 0 Å². The van der Waals surface area contributed by atoms with E-state index in [-0.39, 0.29) is 6.04 Å². The third kappa shape index (κ3) is 4.15. The molecule has 1 aliphatic rings. The van der Waals surface area contributed by atoms with Crippen molar-refractivity contribution in [3.63, 3.8) is 0 Å². The third-order valence-electron chi connectivity index (χ3n) is 6.20. The highest BCUT2D eigenvalue weighted by molar-refractivity contribution is 6.30. The fourth-order valence-corrected chi connectivity index (χ4v) is 4.61. The van der Waals surface area contributed by atoms with Crippen molar-refractivity contribution in [2.45, 2.75) is 19.4 Å². The second-order valence-electron chi connectivity index (χ2n) is 8.58. The van der Waals surface area contributed by atoms with Gasteiger partial charge in [0.2, 0.25) is 0 Å². The first-order valence-corrected chi connectivity index (χ1v) is 11.9. The summed E-state index contributed by atoms with van der Waals surface area (Å²) in [5.74, 6) is 1.60. The first kappa shape index (κ1) is 21.4. The Hall–Kier alpha value is -4.09. The molecule has 172 valence electrons. The summed E-state index contributed by atoms with van der Waals surface area (Å²) in [6.07, 6.45) is 2.83. The van der Waals surface area contributed by atoms with Crippen LogP contribution in [0, 0.1) is 6.92 Å². The van der Waals surface area contributed by atoms with Crippen LogP contribution in [-0.2, 0) is 0 Å². The fraction of sp³-hybridized carbons (Fsp3) is 0.103. The largest absolute Gasteiger partial charge is 0.460 e. The second-order valence-corrected chi connectivity index (χ2v) is 9.01. The first-order chi connectivity index (χ1) is 17.2. The molecule has 0 fully saturated rings. The van der Waals surface area contributed by atoms with Crippen molar-refractivity contribution in [3.05, 3.63) is 125 Å². The lowest BCUT2D eigenvalue weighted by Gasteiger charge is -2.23. The van der Waals surface area contributed by atoms with Gasteiger partial charge >= 0.3 is 0 Å². The summed E-state index contributed by atoms with van der Waals surface area (Å²) in [7, 11) is 0. The minimum absolute atomic E-state index is 0.0547. The monoisotopic (exact) mass is 478 g/mol. The molecule has 1 aliphatic heterocycles. The summed E-state index contributed by atoms with van der Waals surface area (Å²) in [6, 6.07) is 32.1. The molecule has 6 rings (SSSR count). The number of hydrazone groups is 1. The van der Waals surface area contributed by atoms with E-state index in [2.05, 4.69) is 23.3 Å². The van der Waals surface area contributed by atoms with Gasteiger partial charge in [-0.3, -0.25) is 5.01 Å². The van der Waals surface area contributed by atoms with Crippen molar-refractivity contribution in [1.82, 2.24) is 9.78 Å². The summed E-state index contributed by atoms with van der Waals surface area (Å²) >= 11 is 6.15. The van der Waals surface area contributed by atoms with Crippen molar-refractivity contribution in [3.8, 4) is 17.1 Å². The Morgan fingerprint density at radius 1 is 0.829 bits per heavy atom. The van der Waals surface area contributed by atoms with Crippen LogP contribution in [-0.4, -0.2) is 15.5 Å². The summed E-state index contributed by atoms with van der Waals surface area (Å²) in [6.45, 7) is 1.95. The molecule has 0 N–H and O–H groups in total. The maximum Gasteiger partial charge on any atom is 0.154 e. The van der Waals surface area contributed by atoms with Gasteiger partial charge in [0, 0.05) is 23.2 Å². The smallest absolute Gasteiger partial charge is 0.154 e. The van der Waals surface area contributed by atoms with Gasteiger partial charge in [0.05, 0.1) is 23.1 Å². The molecule has 0 saturated heterocycles. The number of halogens is 1. The molecule has 0 saturated carbocycles. The molecule has 3 heterocycles. The van der Waals surface area contributed by atoms with E-state index < -0.39 is 0 Å². The molecule has 5 aromatic rings. The quantitative estimate of drug-likeness (QED) is 0.263. The predicted molar refractivity (Wildman–Crippen MR) is 140 cm³/mol. The Morgan fingerprint density at radius 2 is 1.51 bits per heavy atom. The molecule has 5 nitrogen and oxygen atoms in total. The number of rotatable bonds is 5. The normalized spacial score (nSPS) is 15.4. The number of hydrogen-bond donors (Lipinski definition) is 0. The highest BCUT2D eigenvalue weighted by atomic mass is 35.5. The molecular formula is C29H23ClN4O. The van der Waals surface area contributed by atoms with Crippen molar-refractivity contribution in [2.75, 3.05) is 5.01 Å². The van der Waals surface area contributed by atoms with Crippen molar-refractivity contribution >= 4 is 23.0 Å². The van der Waals surface area contributed by atoms with Gasteiger partial charge in [0.25, 0.3) is 0 Å². The number of benzene rings is 3. The lowest BCUT2D eigenvalue weighted by molar-refractivity contribution is 0.544. The Morgan fingerprint density at radius 3 is 2.17 bits per heavy atom. The summed E-state index contributed by atoms with van der Waals surface area (Å²) < 4.78 is 7.96. The maximum atomic E-state index is 6.15. The number of aromatic nitrogens is 2. The third-order valence-corrected chi connectivity index (χ3v) is 6.46. The minimum Gasteiger partial charge on any atom is -0.460 e. The molecule has 1 unspecified atom stereocenters. The Kier molecular flexibility index (Phi) is 5.47. The van der Waals surface area contributed by atoms with Gasteiger partial charge in [-0.1, -0.05) is 60.1 Å².